The highest BCUT2D eigenvalue weighted by molar-refractivity contribution is 9.10. The molecule has 3 rings (SSSR count). The van der Waals surface area contributed by atoms with Crippen LogP contribution in [0.5, 0.6) is 0 Å². The summed E-state index contributed by atoms with van der Waals surface area (Å²) in [6.45, 7) is 1.83. The molecule has 4 nitrogen and oxygen atoms in total. The Labute approximate surface area is 145 Å². The van der Waals surface area contributed by atoms with Gasteiger partial charge in [0.05, 0.1) is 9.50 Å². The molecular formula is C16H21BrClN3O. The van der Waals surface area contributed by atoms with Gasteiger partial charge in [-0.3, -0.25) is 4.79 Å². The van der Waals surface area contributed by atoms with Crippen molar-refractivity contribution in [1.82, 2.24) is 9.88 Å². The van der Waals surface area contributed by atoms with Crippen LogP contribution in [0.4, 0.5) is 5.82 Å². The predicted octanol–water partition coefficient (Wildman–Crippen LogP) is 3.72. The summed E-state index contributed by atoms with van der Waals surface area (Å²) in [7, 11) is 1.97. The smallest absolute Gasteiger partial charge is 0.225 e. The molecule has 1 saturated carbocycles. The number of pyridine rings is 1. The fourth-order valence-electron chi connectivity index (χ4n) is 3.23. The minimum absolute atomic E-state index is 0.287. The van der Waals surface area contributed by atoms with E-state index in [2.05, 4.69) is 25.8 Å². The molecule has 6 heteroatoms. The van der Waals surface area contributed by atoms with Gasteiger partial charge in [-0.05, 0) is 47.7 Å². The van der Waals surface area contributed by atoms with Gasteiger partial charge >= 0.3 is 0 Å². The molecule has 22 heavy (non-hydrogen) atoms. The van der Waals surface area contributed by atoms with Gasteiger partial charge in [0, 0.05) is 38.3 Å². The average molecular weight is 387 g/mol. The van der Waals surface area contributed by atoms with E-state index >= 15 is 0 Å². The summed E-state index contributed by atoms with van der Waals surface area (Å²) in [5.74, 6) is 1.57. The zero-order valence-electron chi connectivity index (χ0n) is 12.8. The molecule has 2 heterocycles. The Morgan fingerprint density at radius 1 is 1.36 bits per heavy atom. The van der Waals surface area contributed by atoms with E-state index in [1.54, 1.807) is 6.20 Å². The maximum atomic E-state index is 12.3. The van der Waals surface area contributed by atoms with E-state index in [0.717, 1.165) is 49.1 Å². The number of halogens is 2. The Kier molecular flexibility index (Phi) is 4.93. The first kappa shape index (κ1) is 16.1. The van der Waals surface area contributed by atoms with Gasteiger partial charge in [0.2, 0.25) is 5.91 Å². The van der Waals surface area contributed by atoms with Crippen molar-refractivity contribution in [1.29, 1.82) is 0 Å². The third-order valence-corrected chi connectivity index (χ3v) is 5.69. The number of carbonyl (C=O) groups is 1. The molecule has 0 atom stereocenters. The van der Waals surface area contributed by atoms with Crippen LogP contribution in [-0.2, 0) is 4.79 Å². The summed E-state index contributed by atoms with van der Waals surface area (Å²) in [6, 6.07) is 2.23. The maximum Gasteiger partial charge on any atom is 0.225 e. The van der Waals surface area contributed by atoms with Gasteiger partial charge in [0.1, 0.15) is 5.82 Å². The van der Waals surface area contributed by atoms with E-state index < -0.39 is 0 Å². The molecule has 120 valence electrons. The summed E-state index contributed by atoms with van der Waals surface area (Å²) in [5, 5.41) is 0.635. The number of anilines is 1. The minimum Gasteiger partial charge on any atom is -0.356 e. The fourth-order valence-corrected chi connectivity index (χ4v) is 4.12. The number of hydrogen-bond donors (Lipinski definition) is 0. The maximum absolute atomic E-state index is 12.3. The van der Waals surface area contributed by atoms with Crippen LogP contribution in [0.3, 0.4) is 0 Å². The minimum atomic E-state index is 0.287. The molecular weight excluding hydrogens is 366 g/mol. The quantitative estimate of drug-likeness (QED) is 0.794. The molecule has 0 spiro atoms. The van der Waals surface area contributed by atoms with Crippen molar-refractivity contribution >= 4 is 39.3 Å². The molecule has 0 aromatic carbocycles. The summed E-state index contributed by atoms with van der Waals surface area (Å²) in [4.78, 5) is 21.0. The molecule has 0 unspecified atom stereocenters. The second-order valence-electron chi connectivity index (χ2n) is 6.25. The van der Waals surface area contributed by atoms with Crippen molar-refractivity contribution in [2.45, 2.75) is 38.1 Å². The van der Waals surface area contributed by atoms with Gasteiger partial charge in [-0.1, -0.05) is 18.0 Å². The number of carbonyl (C=O) groups excluding carboxylic acids is 1. The van der Waals surface area contributed by atoms with Crippen LogP contribution in [0.1, 0.15) is 32.1 Å². The van der Waals surface area contributed by atoms with Gasteiger partial charge in [0.25, 0.3) is 0 Å². The first-order chi connectivity index (χ1) is 10.6. The van der Waals surface area contributed by atoms with Crippen LogP contribution in [0.2, 0.25) is 5.02 Å². The molecule has 1 amide bonds. The van der Waals surface area contributed by atoms with Crippen molar-refractivity contribution in [3.63, 3.8) is 0 Å². The Morgan fingerprint density at radius 3 is 2.59 bits per heavy atom. The number of aromatic nitrogens is 1. The zero-order valence-corrected chi connectivity index (χ0v) is 15.1. The molecule has 1 aromatic rings. The fraction of sp³-hybridized carbons (Fsp3) is 0.625. The molecule has 1 aromatic heterocycles. The van der Waals surface area contributed by atoms with Crippen LogP contribution in [0.25, 0.3) is 0 Å². The second-order valence-corrected chi connectivity index (χ2v) is 7.54. The van der Waals surface area contributed by atoms with Crippen LogP contribution < -0.4 is 4.90 Å². The SMILES string of the molecule is CN(C(=O)C1CCC1)C1CCN(c2ncc(Cl)cc2Br)CC1. The van der Waals surface area contributed by atoms with E-state index in [9.17, 15) is 4.79 Å². The first-order valence-corrected chi connectivity index (χ1v) is 9.06. The lowest BCUT2D eigenvalue weighted by atomic mass is 9.84. The van der Waals surface area contributed by atoms with E-state index in [0.29, 0.717) is 17.0 Å². The lowest BCUT2D eigenvalue weighted by molar-refractivity contribution is -0.139. The van der Waals surface area contributed by atoms with Crippen LogP contribution in [0, 0.1) is 5.92 Å². The number of nitrogens with zero attached hydrogens (tertiary/aromatic N) is 3. The molecule has 1 aliphatic heterocycles. The third kappa shape index (κ3) is 3.25. The van der Waals surface area contributed by atoms with Crippen LogP contribution >= 0.6 is 27.5 Å². The van der Waals surface area contributed by atoms with Crippen molar-refractivity contribution in [2.24, 2.45) is 5.92 Å². The molecule has 2 fully saturated rings. The number of amides is 1. The van der Waals surface area contributed by atoms with Crippen molar-refractivity contribution < 1.29 is 4.79 Å². The highest BCUT2D eigenvalue weighted by Gasteiger charge is 2.32. The van der Waals surface area contributed by atoms with E-state index in [4.69, 9.17) is 11.6 Å². The summed E-state index contributed by atoms with van der Waals surface area (Å²) < 4.78 is 0.928. The highest BCUT2D eigenvalue weighted by atomic mass is 79.9. The molecule has 1 saturated heterocycles. The lowest BCUT2D eigenvalue weighted by Gasteiger charge is -2.39. The predicted molar refractivity (Wildman–Crippen MR) is 92.3 cm³/mol. The highest BCUT2D eigenvalue weighted by Crippen LogP contribution is 2.32. The van der Waals surface area contributed by atoms with Crippen molar-refractivity contribution in [3.05, 3.63) is 21.8 Å². The molecule has 0 radical (unpaired) electrons. The standard InChI is InChI=1S/C16H21BrClN3O/c1-20(16(22)11-3-2-4-11)13-5-7-21(8-6-13)15-14(17)9-12(18)10-19-15/h9-11,13H,2-8H2,1H3. The average Bonchev–Trinajstić information content (AvgIpc) is 2.45. The van der Waals surface area contributed by atoms with Gasteiger partial charge in [-0.25, -0.2) is 4.98 Å². The van der Waals surface area contributed by atoms with Gasteiger partial charge in [0.15, 0.2) is 0 Å². The Morgan fingerprint density at radius 2 is 2.05 bits per heavy atom. The van der Waals surface area contributed by atoms with E-state index in [-0.39, 0.29) is 5.92 Å². The topological polar surface area (TPSA) is 36.4 Å². The normalized spacial score (nSPS) is 19.9. The van der Waals surface area contributed by atoms with Crippen LogP contribution in [-0.4, -0.2) is 42.0 Å². The van der Waals surface area contributed by atoms with Crippen molar-refractivity contribution in [2.75, 3.05) is 25.0 Å². The Hall–Kier alpha value is -0.810. The number of hydrogen-bond acceptors (Lipinski definition) is 3. The molecule has 1 aliphatic carbocycles. The molecule has 0 bridgehead atoms. The Bertz CT molecular complexity index is 556. The summed E-state index contributed by atoms with van der Waals surface area (Å²) in [6.07, 6.45) is 7.02. The molecule has 0 N–H and O–H groups in total. The number of rotatable bonds is 3. The van der Waals surface area contributed by atoms with Crippen LogP contribution in [0.15, 0.2) is 16.7 Å². The molecule has 2 aliphatic rings. The Balaban J connectivity index is 1.58. The van der Waals surface area contributed by atoms with E-state index in [1.807, 2.05) is 18.0 Å². The van der Waals surface area contributed by atoms with Crippen molar-refractivity contribution in [3.8, 4) is 0 Å². The number of piperidine rings is 1. The monoisotopic (exact) mass is 385 g/mol. The van der Waals surface area contributed by atoms with Gasteiger partial charge < -0.3 is 9.80 Å². The second kappa shape index (κ2) is 6.75. The summed E-state index contributed by atoms with van der Waals surface area (Å²) in [5.41, 5.74) is 0. The lowest BCUT2D eigenvalue weighted by Crippen LogP contribution is -2.48. The largest absolute Gasteiger partial charge is 0.356 e. The van der Waals surface area contributed by atoms with E-state index in [1.165, 1.54) is 6.42 Å². The van der Waals surface area contributed by atoms with Gasteiger partial charge in [-0.15, -0.1) is 0 Å². The zero-order chi connectivity index (χ0) is 15.7. The first-order valence-electron chi connectivity index (χ1n) is 7.89. The summed E-state index contributed by atoms with van der Waals surface area (Å²) >= 11 is 9.48. The van der Waals surface area contributed by atoms with Gasteiger partial charge in [-0.2, -0.15) is 0 Å². The third-order valence-electron chi connectivity index (χ3n) is 4.90.